The van der Waals surface area contributed by atoms with E-state index < -0.39 is 0 Å². The molecule has 1 amide bonds. The Labute approximate surface area is 94.9 Å². The van der Waals surface area contributed by atoms with Crippen molar-refractivity contribution in [1.82, 2.24) is 4.90 Å². The third kappa shape index (κ3) is 2.59. The molecule has 0 bridgehead atoms. The highest BCUT2D eigenvalue weighted by atomic mass is 32.1. The Bertz CT molecular complexity index is 314. The molecule has 1 aromatic rings. The lowest BCUT2D eigenvalue weighted by molar-refractivity contribution is -0.133. The first-order chi connectivity index (χ1) is 7.27. The molecule has 0 unspecified atom stereocenters. The fraction of sp³-hybridized carbons (Fsp3) is 0.583. The molecule has 0 spiro atoms. The van der Waals surface area contributed by atoms with Crippen LogP contribution in [0.4, 0.5) is 0 Å². The van der Waals surface area contributed by atoms with E-state index in [1.807, 2.05) is 17.9 Å². The molecule has 0 radical (unpaired) electrons. The Kier molecular flexibility index (Phi) is 3.41. The standard InChI is InChI=1S/C12H17NOS/c1-10(9-11-5-4-8-15-11)12(14)13-6-2-3-7-13/h4-5,8,10H,2-3,6-7,9H2,1H3/t10-/m0/s1. The lowest BCUT2D eigenvalue weighted by Crippen LogP contribution is -2.33. The number of likely N-dealkylation sites (tertiary alicyclic amines) is 1. The summed E-state index contributed by atoms with van der Waals surface area (Å²) >= 11 is 1.74. The molecule has 82 valence electrons. The van der Waals surface area contributed by atoms with Crippen LogP contribution in [0.3, 0.4) is 0 Å². The molecular formula is C12H17NOS. The minimum Gasteiger partial charge on any atom is -0.342 e. The van der Waals surface area contributed by atoms with Crippen LogP contribution in [0.1, 0.15) is 24.6 Å². The van der Waals surface area contributed by atoms with E-state index in [2.05, 4.69) is 11.4 Å². The SMILES string of the molecule is C[C@@H](Cc1cccs1)C(=O)N1CCCC1. The highest BCUT2D eigenvalue weighted by Crippen LogP contribution is 2.18. The fourth-order valence-corrected chi connectivity index (χ4v) is 2.90. The zero-order valence-corrected chi connectivity index (χ0v) is 9.93. The zero-order valence-electron chi connectivity index (χ0n) is 9.11. The van der Waals surface area contributed by atoms with Gasteiger partial charge in [0.2, 0.25) is 5.91 Å². The van der Waals surface area contributed by atoms with Crippen LogP contribution in [0.25, 0.3) is 0 Å². The first-order valence-electron chi connectivity index (χ1n) is 5.58. The topological polar surface area (TPSA) is 20.3 Å². The van der Waals surface area contributed by atoms with Crippen LogP contribution in [-0.4, -0.2) is 23.9 Å². The molecule has 3 heteroatoms. The van der Waals surface area contributed by atoms with Crippen molar-refractivity contribution >= 4 is 17.2 Å². The Morgan fingerprint density at radius 1 is 1.53 bits per heavy atom. The second-order valence-electron chi connectivity index (χ2n) is 4.22. The van der Waals surface area contributed by atoms with E-state index in [0.717, 1.165) is 19.5 Å². The van der Waals surface area contributed by atoms with Crippen LogP contribution >= 0.6 is 11.3 Å². The maximum atomic E-state index is 12.0. The molecule has 1 aliphatic heterocycles. The molecule has 0 aromatic carbocycles. The van der Waals surface area contributed by atoms with Gasteiger partial charge in [-0.25, -0.2) is 0 Å². The van der Waals surface area contributed by atoms with Gasteiger partial charge in [0, 0.05) is 23.9 Å². The Morgan fingerprint density at radius 3 is 2.87 bits per heavy atom. The molecule has 2 nitrogen and oxygen atoms in total. The van der Waals surface area contributed by atoms with Crippen molar-refractivity contribution in [2.24, 2.45) is 5.92 Å². The lowest BCUT2D eigenvalue weighted by Gasteiger charge is -2.19. The highest BCUT2D eigenvalue weighted by molar-refractivity contribution is 7.09. The van der Waals surface area contributed by atoms with E-state index in [1.54, 1.807) is 11.3 Å². The van der Waals surface area contributed by atoms with Gasteiger partial charge >= 0.3 is 0 Å². The maximum Gasteiger partial charge on any atom is 0.225 e. The number of hydrogen-bond acceptors (Lipinski definition) is 2. The summed E-state index contributed by atoms with van der Waals surface area (Å²) in [6, 6.07) is 4.16. The number of hydrogen-bond donors (Lipinski definition) is 0. The first-order valence-corrected chi connectivity index (χ1v) is 6.46. The second kappa shape index (κ2) is 4.79. The number of amides is 1. The van der Waals surface area contributed by atoms with Crippen molar-refractivity contribution in [1.29, 1.82) is 0 Å². The number of carbonyl (C=O) groups excluding carboxylic acids is 1. The van der Waals surface area contributed by atoms with E-state index in [0.29, 0.717) is 5.91 Å². The molecule has 0 aliphatic carbocycles. The van der Waals surface area contributed by atoms with Gasteiger partial charge in [0.25, 0.3) is 0 Å². The van der Waals surface area contributed by atoms with Gasteiger partial charge in [-0.05, 0) is 30.7 Å². The molecule has 2 rings (SSSR count). The van der Waals surface area contributed by atoms with Gasteiger partial charge in [-0.1, -0.05) is 13.0 Å². The van der Waals surface area contributed by atoms with Crippen molar-refractivity contribution in [3.05, 3.63) is 22.4 Å². The number of thiophene rings is 1. The van der Waals surface area contributed by atoms with Gasteiger partial charge < -0.3 is 4.90 Å². The van der Waals surface area contributed by atoms with Gasteiger partial charge in [0.05, 0.1) is 0 Å². The zero-order chi connectivity index (χ0) is 10.7. The molecule has 1 atom stereocenters. The summed E-state index contributed by atoms with van der Waals surface area (Å²) < 4.78 is 0. The first kappa shape index (κ1) is 10.7. The summed E-state index contributed by atoms with van der Waals surface area (Å²) in [4.78, 5) is 15.3. The van der Waals surface area contributed by atoms with E-state index in [1.165, 1.54) is 17.7 Å². The Hall–Kier alpha value is -0.830. The van der Waals surface area contributed by atoms with Crippen molar-refractivity contribution in [3.63, 3.8) is 0 Å². The summed E-state index contributed by atoms with van der Waals surface area (Å²) in [5.74, 6) is 0.475. The van der Waals surface area contributed by atoms with E-state index >= 15 is 0 Å². The molecule has 1 aliphatic rings. The lowest BCUT2D eigenvalue weighted by atomic mass is 10.1. The van der Waals surface area contributed by atoms with Crippen LogP contribution in [-0.2, 0) is 11.2 Å². The third-order valence-electron chi connectivity index (χ3n) is 2.93. The van der Waals surface area contributed by atoms with Crippen molar-refractivity contribution < 1.29 is 4.79 Å². The van der Waals surface area contributed by atoms with Crippen LogP contribution in [0.2, 0.25) is 0 Å². The second-order valence-corrected chi connectivity index (χ2v) is 5.25. The fourth-order valence-electron chi connectivity index (χ4n) is 2.07. The third-order valence-corrected chi connectivity index (χ3v) is 3.83. The number of nitrogens with zero attached hydrogens (tertiary/aromatic N) is 1. The van der Waals surface area contributed by atoms with Gasteiger partial charge in [-0.15, -0.1) is 11.3 Å². The average Bonchev–Trinajstić information content (AvgIpc) is 2.88. The van der Waals surface area contributed by atoms with Gasteiger partial charge in [0.15, 0.2) is 0 Å². The quantitative estimate of drug-likeness (QED) is 0.771. The normalized spacial score (nSPS) is 18.1. The molecule has 1 saturated heterocycles. The predicted molar refractivity (Wildman–Crippen MR) is 63.0 cm³/mol. The summed E-state index contributed by atoms with van der Waals surface area (Å²) in [7, 11) is 0. The van der Waals surface area contributed by atoms with Crippen molar-refractivity contribution in [3.8, 4) is 0 Å². The van der Waals surface area contributed by atoms with Crippen molar-refractivity contribution in [2.45, 2.75) is 26.2 Å². The predicted octanol–water partition coefficient (Wildman–Crippen LogP) is 2.55. The van der Waals surface area contributed by atoms with Gasteiger partial charge in [-0.2, -0.15) is 0 Å². The molecule has 15 heavy (non-hydrogen) atoms. The minimum atomic E-state index is 0.141. The summed E-state index contributed by atoms with van der Waals surface area (Å²) in [5, 5.41) is 2.07. The van der Waals surface area contributed by atoms with Crippen LogP contribution in [0, 0.1) is 5.92 Å². The number of rotatable bonds is 3. The number of carbonyl (C=O) groups is 1. The van der Waals surface area contributed by atoms with E-state index in [9.17, 15) is 4.79 Å². The molecule has 1 aromatic heterocycles. The van der Waals surface area contributed by atoms with Crippen molar-refractivity contribution in [2.75, 3.05) is 13.1 Å². The maximum absolute atomic E-state index is 12.0. The molecular weight excluding hydrogens is 206 g/mol. The summed E-state index contributed by atoms with van der Waals surface area (Å²) in [6.45, 7) is 3.97. The highest BCUT2D eigenvalue weighted by Gasteiger charge is 2.23. The van der Waals surface area contributed by atoms with E-state index in [-0.39, 0.29) is 5.92 Å². The Morgan fingerprint density at radius 2 is 2.27 bits per heavy atom. The largest absolute Gasteiger partial charge is 0.342 e. The molecule has 2 heterocycles. The average molecular weight is 223 g/mol. The monoisotopic (exact) mass is 223 g/mol. The summed E-state index contributed by atoms with van der Waals surface area (Å²) in [6.07, 6.45) is 3.25. The van der Waals surface area contributed by atoms with Gasteiger partial charge in [-0.3, -0.25) is 4.79 Å². The molecule has 0 saturated carbocycles. The minimum absolute atomic E-state index is 0.141. The van der Waals surface area contributed by atoms with Crippen LogP contribution in [0.15, 0.2) is 17.5 Å². The van der Waals surface area contributed by atoms with Crippen LogP contribution < -0.4 is 0 Å². The molecule has 1 fully saturated rings. The smallest absolute Gasteiger partial charge is 0.225 e. The Balaban J connectivity index is 1.89. The van der Waals surface area contributed by atoms with E-state index in [4.69, 9.17) is 0 Å². The summed E-state index contributed by atoms with van der Waals surface area (Å²) in [5.41, 5.74) is 0. The van der Waals surface area contributed by atoms with Gasteiger partial charge in [0.1, 0.15) is 0 Å². The van der Waals surface area contributed by atoms with Crippen LogP contribution in [0.5, 0.6) is 0 Å². The molecule has 0 N–H and O–H groups in total.